The van der Waals surface area contributed by atoms with Gasteiger partial charge in [-0.25, -0.2) is 0 Å². The Bertz CT molecular complexity index is 762. The Hall–Kier alpha value is -1.79. The largest absolute Gasteiger partial charge is 0.462 e. The van der Waals surface area contributed by atoms with Gasteiger partial charge in [-0.15, -0.1) is 11.3 Å². The Kier molecular flexibility index (Phi) is 3.46. The van der Waals surface area contributed by atoms with Gasteiger partial charge >= 0.3 is 0 Å². The Balaban J connectivity index is 1.66. The molecule has 0 aliphatic carbocycles. The second-order valence-corrected chi connectivity index (χ2v) is 7.63. The lowest BCUT2D eigenvalue weighted by Gasteiger charge is -2.30. The number of nitrogens with one attached hydrogen (secondary N) is 2. The third-order valence-electron chi connectivity index (χ3n) is 4.64. The van der Waals surface area contributed by atoms with Crippen LogP contribution in [-0.2, 0) is 13.0 Å². The monoisotopic (exact) mass is 331 g/mol. The number of anilines is 1. The SMILES string of the molecule is Cc1ccc(C2NC(=O)c3c(sc4c3CCN(C(C)C)C4)N2)o1. The molecule has 0 saturated carbocycles. The Morgan fingerprint density at radius 3 is 2.87 bits per heavy atom. The van der Waals surface area contributed by atoms with Crippen molar-refractivity contribution in [3.8, 4) is 0 Å². The number of hydrogen-bond donors (Lipinski definition) is 2. The van der Waals surface area contributed by atoms with Gasteiger partial charge in [-0.3, -0.25) is 9.69 Å². The number of carbonyl (C=O) groups is 1. The van der Waals surface area contributed by atoms with E-state index in [1.807, 2.05) is 19.1 Å². The molecule has 0 fully saturated rings. The number of fused-ring (bicyclic) bond motifs is 3. The molecule has 1 amide bonds. The van der Waals surface area contributed by atoms with Crippen molar-refractivity contribution in [2.75, 3.05) is 11.9 Å². The first kappa shape index (κ1) is 14.8. The van der Waals surface area contributed by atoms with Gasteiger partial charge in [-0.2, -0.15) is 0 Å². The van der Waals surface area contributed by atoms with E-state index in [9.17, 15) is 4.79 Å². The summed E-state index contributed by atoms with van der Waals surface area (Å²) in [5.74, 6) is 1.60. The zero-order valence-electron chi connectivity index (χ0n) is 13.6. The van der Waals surface area contributed by atoms with Crippen LogP contribution in [0.4, 0.5) is 5.00 Å². The molecule has 0 saturated heterocycles. The van der Waals surface area contributed by atoms with Crippen LogP contribution in [0, 0.1) is 6.92 Å². The van der Waals surface area contributed by atoms with Crippen LogP contribution in [-0.4, -0.2) is 23.4 Å². The quantitative estimate of drug-likeness (QED) is 0.887. The molecule has 2 aliphatic rings. The molecule has 2 aromatic heterocycles. The summed E-state index contributed by atoms with van der Waals surface area (Å²) in [6, 6.07) is 4.35. The first-order chi connectivity index (χ1) is 11.0. The molecule has 2 aliphatic heterocycles. The molecule has 122 valence electrons. The number of rotatable bonds is 2. The van der Waals surface area contributed by atoms with Gasteiger partial charge < -0.3 is 15.1 Å². The van der Waals surface area contributed by atoms with E-state index in [-0.39, 0.29) is 12.1 Å². The van der Waals surface area contributed by atoms with Crippen molar-refractivity contribution in [1.82, 2.24) is 10.2 Å². The highest BCUT2D eigenvalue weighted by Gasteiger charge is 2.34. The summed E-state index contributed by atoms with van der Waals surface area (Å²) >= 11 is 1.71. The summed E-state index contributed by atoms with van der Waals surface area (Å²) < 4.78 is 5.66. The van der Waals surface area contributed by atoms with Gasteiger partial charge in [0.15, 0.2) is 6.17 Å². The van der Waals surface area contributed by atoms with Gasteiger partial charge in [-0.1, -0.05) is 0 Å². The van der Waals surface area contributed by atoms with Crippen LogP contribution >= 0.6 is 11.3 Å². The highest BCUT2D eigenvalue weighted by atomic mass is 32.1. The van der Waals surface area contributed by atoms with Crippen LogP contribution in [0.1, 0.15) is 52.3 Å². The van der Waals surface area contributed by atoms with Crippen LogP contribution in [0.25, 0.3) is 0 Å². The molecule has 0 radical (unpaired) electrons. The second kappa shape index (κ2) is 5.39. The fraction of sp³-hybridized carbons (Fsp3) is 0.471. The van der Waals surface area contributed by atoms with Crippen molar-refractivity contribution in [3.63, 3.8) is 0 Å². The number of hydrogen-bond acceptors (Lipinski definition) is 5. The van der Waals surface area contributed by atoms with E-state index in [0.717, 1.165) is 41.6 Å². The maximum atomic E-state index is 12.6. The lowest BCUT2D eigenvalue weighted by molar-refractivity contribution is 0.0929. The molecule has 6 heteroatoms. The molecule has 2 aromatic rings. The number of carbonyl (C=O) groups excluding carboxylic acids is 1. The van der Waals surface area contributed by atoms with Crippen LogP contribution in [0.5, 0.6) is 0 Å². The van der Waals surface area contributed by atoms with Crippen molar-refractivity contribution in [3.05, 3.63) is 39.7 Å². The molecule has 0 aromatic carbocycles. The topological polar surface area (TPSA) is 57.5 Å². The molecule has 23 heavy (non-hydrogen) atoms. The summed E-state index contributed by atoms with van der Waals surface area (Å²) in [5, 5.41) is 7.43. The minimum Gasteiger partial charge on any atom is -0.462 e. The average molecular weight is 331 g/mol. The maximum absolute atomic E-state index is 12.6. The van der Waals surface area contributed by atoms with Gasteiger partial charge in [0.25, 0.3) is 5.91 Å². The zero-order valence-corrected chi connectivity index (χ0v) is 14.4. The van der Waals surface area contributed by atoms with Crippen LogP contribution in [0.3, 0.4) is 0 Å². The normalized spacial score (nSPS) is 20.9. The molecule has 5 nitrogen and oxygen atoms in total. The van der Waals surface area contributed by atoms with E-state index in [4.69, 9.17) is 4.42 Å². The standard InChI is InChI=1S/C17H21N3O2S/c1-9(2)20-7-6-11-13(8-20)23-17-14(11)16(21)18-15(19-17)12-5-4-10(3)22-12/h4-5,9,15,19H,6-8H2,1-3H3,(H,18,21). The maximum Gasteiger partial charge on any atom is 0.256 e. The van der Waals surface area contributed by atoms with Crippen molar-refractivity contribution in [2.45, 2.75) is 45.9 Å². The first-order valence-corrected chi connectivity index (χ1v) is 8.87. The van der Waals surface area contributed by atoms with Gasteiger partial charge in [-0.05, 0) is 44.9 Å². The van der Waals surface area contributed by atoms with E-state index in [2.05, 4.69) is 29.4 Å². The molecule has 2 N–H and O–H groups in total. The lowest BCUT2D eigenvalue weighted by atomic mass is 10.0. The number of furan rings is 1. The van der Waals surface area contributed by atoms with Crippen molar-refractivity contribution < 1.29 is 9.21 Å². The van der Waals surface area contributed by atoms with E-state index >= 15 is 0 Å². The van der Waals surface area contributed by atoms with Gasteiger partial charge in [0, 0.05) is 24.0 Å². The lowest BCUT2D eigenvalue weighted by Crippen LogP contribution is -2.39. The highest BCUT2D eigenvalue weighted by Crippen LogP contribution is 2.41. The van der Waals surface area contributed by atoms with Crippen molar-refractivity contribution >= 4 is 22.2 Å². The Morgan fingerprint density at radius 1 is 1.35 bits per heavy atom. The van der Waals surface area contributed by atoms with Crippen LogP contribution in [0.15, 0.2) is 16.5 Å². The van der Waals surface area contributed by atoms with Crippen LogP contribution in [0.2, 0.25) is 0 Å². The minimum absolute atomic E-state index is 0.00769. The van der Waals surface area contributed by atoms with Gasteiger partial charge in [0.2, 0.25) is 0 Å². The molecular weight excluding hydrogens is 310 g/mol. The van der Waals surface area contributed by atoms with Crippen LogP contribution < -0.4 is 10.6 Å². The summed E-state index contributed by atoms with van der Waals surface area (Å²) in [6.45, 7) is 8.30. The number of nitrogens with zero attached hydrogens (tertiary/aromatic N) is 1. The van der Waals surface area contributed by atoms with E-state index in [1.54, 1.807) is 11.3 Å². The molecule has 1 atom stereocenters. The average Bonchev–Trinajstić information content (AvgIpc) is 3.09. The number of thiophene rings is 1. The molecule has 4 rings (SSSR count). The second-order valence-electron chi connectivity index (χ2n) is 6.52. The fourth-order valence-corrected chi connectivity index (χ4v) is 4.63. The molecule has 0 spiro atoms. The number of amides is 1. The van der Waals surface area contributed by atoms with Crippen molar-refractivity contribution in [1.29, 1.82) is 0 Å². The third-order valence-corrected chi connectivity index (χ3v) is 5.79. The summed E-state index contributed by atoms with van der Waals surface area (Å²) in [7, 11) is 0. The zero-order chi connectivity index (χ0) is 16.1. The van der Waals surface area contributed by atoms with Gasteiger partial charge in [0.05, 0.1) is 5.56 Å². The Morgan fingerprint density at radius 2 is 2.17 bits per heavy atom. The third kappa shape index (κ3) is 2.46. The molecule has 0 bridgehead atoms. The number of aryl methyl sites for hydroxylation is 1. The molecule has 1 unspecified atom stereocenters. The summed E-state index contributed by atoms with van der Waals surface area (Å²) in [5.41, 5.74) is 2.06. The van der Waals surface area contributed by atoms with E-state index in [0.29, 0.717) is 6.04 Å². The fourth-order valence-electron chi connectivity index (χ4n) is 3.33. The predicted molar refractivity (Wildman–Crippen MR) is 90.8 cm³/mol. The Labute approximate surface area is 139 Å². The van der Waals surface area contributed by atoms with Gasteiger partial charge in [0.1, 0.15) is 16.5 Å². The van der Waals surface area contributed by atoms with Crippen molar-refractivity contribution in [2.24, 2.45) is 0 Å². The smallest absolute Gasteiger partial charge is 0.256 e. The van der Waals surface area contributed by atoms with E-state index < -0.39 is 0 Å². The predicted octanol–water partition coefficient (Wildman–Crippen LogP) is 3.27. The highest BCUT2D eigenvalue weighted by molar-refractivity contribution is 7.16. The summed E-state index contributed by atoms with van der Waals surface area (Å²) in [4.78, 5) is 16.4. The summed E-state index contributed by atoms with van der Waals surface area (Å²) in [6.07, 6.45) is 0.656. The minimum atomic E-state index is -0.287. The first-order valence-electron chi connectivity index (χ1n) is 8.05. The van der Waals surface area contributed by atoms with E-state index in [1.165, 1.54) is 10.4 Å². The molecule has 4 heterocycles. The molecular formula is C17H21N3O2S.